The summed E-state index contributed by atoms with van der Waals surface area (Å²) in [7, 11) is -1.59. The van der Waals surface area contributed by atoms with Crippen LogP contribution in [0.1, 0.15) is 13.8 Å². The Bertz CT molecular complexity index is 915. The third kappa shape index (κ3) is 5.19. The average Bonchev–Trinajstić information content (AvgIpc) is 2.61. The first-order valence-electron chi connectivity index (χ1n) is 8.02. The van der Waals surface area contributed by atoms with Crippen molar-refractivity contribution < 1.29 is 27.1 Å². The highest BCUT2D eigenvalue weighted by molar-refractivity contribution is 7.91. The van der Waals surface area contributed by atoms with Crippen molar-refractivity contribution in [2.24, 2.45) is 0 Å². The van der Waals surface area contributed by atoms with E-state index in [1.54, 1.807) is 13.8 Å². The van der Waals surface area contributed by atoms with Crippen molar-refractivity contribution in [1.82, 2.24) is 14.7 Å². The maximum Gasteiger partial charge on any atom is 0.336 e. The molecule has 1 heterocycles. The fraction of sp³-hybridized carbons (Fsp3) is 0.312. The molecule has 0 spiro atoms. The van der Waals surface area contributed by atoms with Gasteiger partial charge in [-0.3, -0.25) is 9.62 Å². The quantitative estimate of drug-likeness (QED) is 0.711. The predicted octanol–water partition coefficient (Wildman–Crippen LogP) is 1.91. The molecule has 0 unspecified atom stereocenters. The molecule has 0 saturated heterocycles. The lowest BCUT2D eigenvalue weighted by Crippen LogP contribution is -2.48. The normalized spacial score (nSPS) is 11.1. The Balaban J connectivity index is 2.22. The number of carbonyl (C=O) groups is 1. The number of rotatable bonds is 7. The molecule has 0 atom stereocenters. The fourth-order valence-electron chi connectivity index (χ4n) is 2.26. The van der Waals surface area contributed by atoms with E-state index >= 15 is 0 Å². The maximum absolute atomic E-state index is 13.1. The van der Waals surface area contributed by atoms with Crippen LogP contribution in [0.15, 0.2) is 30.3 Å². The Morgan fingerprint density at radius 3 is 2.11 bits per heavy atom. The molecule has 2 rings (SSSR count). The van der Waals surface area contributed by atoms with Gasteiger partial charge in [0, 0.05) is 6.04 Å². The number of nitrogens with one attached hydrogen (secondary N) is 2. The Morgan fingerprint density at radius 2 is 1.64 bits per heavy atom. The molecule has 0 radical (unpaired) electrons. The minimum atomic E-state index is -4.31. The monoisotopic (exact) mass is 413 g/mol. The number of amides is 2. The van der Waals surface area contributed by atoms with Gasteiger partial charge < -0.3 is 9.47 Å². The smallest absolute Gasteiger partial charge is 0.336 e. The molecule has 1 aromatic heterocycles. The summed E-state index contributed by atoms with van der Waals surface area (Å²) in [6.07, 6.45) is 0. The van der Waals surface area contributed by atoms with E-state index in [1.807, 2.05) is 4.72 Å². The number of benzene rings is 1. The summed E-state index contributed by atoms with van der Waals surface area (Å²) in [5.74, 6) is -0.512. The van der Waals surface area contributed by atoms with Crippen molar-refractivity contribution in [2.45, 2.75) is 19.9 Å². The molecule has 28 heavy (non-hydrogen) atoms. The molecule has 0 aliphatic carbocycles. The third-order valence-electron chi connectivity index (χ3n) is 3.35. The van der Waals surface area contributed by atoms with E-state index < -0.39 is 28.1 Å². The lowest BCUT2D eigenvalue weighted by atomic mass is 10.3. The summed E-state index contributed by atoms with van der Waals surface area (Å²) in [4.78, 5) is 20.0. The second-order valence-electron chi connectivity index (χ2n) is 5.70. The Hall–Kier alpha value is -3.15. The highest BCUT2D eigenvalue weighted by atomic mass is 32.2. The van der Waals surface area contributed by atoms with Gasteiger partial charge in [0.1, 0.15) is 5.82 Å². The van der Waals surface area contributed by atoms with Crippen molar-refractivity contribution in [2.75, 3.05) is 23.8 Å². The summed E-state index contributed by atoms with van der Waals surface area (Å²) in [6.45, 7) is 3.22. The van der Waals surface area contributed by atoms with Crippen molar-refractivity contribution >= 4 is 27.9 Å². The predicted molar refractivity (Wildman–Crippen MR) is 100 cm³/mol. The van der Waals surface area contributed by atoms with Gasteiger partial charge in [-0.2, -0.15) is 18.4 Å². The minimum Gasteiger partial charge on any atom is -0.481 e. The third-order valence-corrected chi connectivity index (χ3v) is 4.95. The van der Waals surface area contributed by atoms with Crippen LogP contribution in [-0.4, -0.2) is 44.7 Å². The van der Waals surface area contributed by atoms with E-state index in [1.165, 1.54) is 32.4 Å². The van der Waals surface area contributed by atoms with Crippen molar-refractivity contribution in [3.63, 3.8) is 0 Å². The van der Waals surface area contributed by atoms with Crippen LogP contribution in [0.2, 0.25) is 0 Å². The number of ether oxygens (including phenoxy) is 2. The number of nitrogens with zero attached hydrogens (tertiary/aromatic N) is 3. The SMILES string of the molecule is COc1cc(OC)nc(NC(=O)NS(=O)(=O)N(c2ccc(F)cc2)C(C)C)n1. The van der Waals surface area contributed by atoms with Gasteiger partial charge in [-0.25, -0.2) is 13.9 Å². The standard InChI is InChI=1S/C16H20FN5O5S/c1-10(2)22(12-7-5-11(17)6-8-12)28(24,25)21-16(23)20-15-18-13(26-3)9-14(19-15)27-4/h5-10H,1-4H3,(H2,18,19,20,21,23). The molecular weight excluding hydrogens is 393 g/mol. The number of carbonyl (C=O) groups excluding carboxylic acids is 1. The second-order valence-corrected chi connectivity index (χ2v) is 7.25. The van der Waals surface area contributed by atoms with Crippen LogP contribution in [0, 0.1) is 5.82 Å². The largest absolute Gasteiger partial charge is 0.481 e. The zero-order valence-corrected chi connectivity index (χ0v) is 16.4. The van der Waals surface area contributed by atoms with Gasteiger partial charge in [0.15, 0.2) is 0 Å². The van der Waals surface area contributed by atoms with Gasteiger partial charge in [0.25, 0.3) is 0 Å². The van der Waals surface area contributed by atoms with Gasteiger partial charge in [0.05, 0.1) is 26.0 Å². The molecule has 0 saturated carbocycles. The van der Waals surface area contributed by atoms with Crippen LogP contribution < -0.4 is 23.8 Å². The molecule has 10 nitrogen and oxygen atoms in total. The molecule has 2 aromatic rings. The molecule has 12 heteroatoms. The van der Waals surface area contributed by atoms with Gasteiger partial charge in [-0.1, -0.05) is 0 Å². The summed E-state index contributed by atoms with van der Waals surface area (Å²) in [6, 6.07) is 4.57. The summed E-state index contributed by atoms with van der Waals surface area (Å²) in [5.41, 5.74) is 0.191. The van der Waals surface area contributed by atoms with E-state index in [2.05, 4.69) is 15.3 Å². The Labute approximate surface area is 161 Å². The first kappa shape index (κ1) is 21.2. The van der Waals surface area contributed by atoms with Gasteiger partial charge in [-0.05, 0) is 38.1 Å². The second kappa shape index (κ2) is 8.69. The van der Waals surface area contributed by atoms with Crippen LogP contribution in [0.5, 0.6) is 11.8 Å². The van der Waals surface area contributed by atoms with Gasteiger partial charge in [-0.15, -0.1) is 0 Å². The molecule has 2 N–H and O–H groups in total. The van der Waals surface area contributed by atoms with E-state index in [9.17, 15) is 17.6 Å². The van der Waals surface area contributed by atoms with Crippen LogP contribution in [-0.2, 0) is 10.2 Å². The molecule has 2 amide bonds. The summed E-state index contributed by atoms with van der Waals surface area (Å²) in [5, 5.41) is 2.20. The maximum atomic E-state index is 13.1. The zero-order valence-electron chi connectivity index (χ0n) is 15.6. The highest BCUT2D eigenvalue weighted by Gasteiger charge is 2.27. The average molecular weight is 413 g/mol. The van der Waals surface area contributed by atoms with Crippen molar-refractivity contribution in [3.8, 4) is 11.8 Å². The number of aromatic nitrogens is 2. The molecule has 152 valence electrons. The van der Waals surface area contributed by atoms with Crippen LogP contribution in [0.25, 0.3) is 0 Å². The highest BCUT2D eigenvalue weighted by Crippen LogP contribution is 2.21. The van der Waals surface area contributed by atoms with Gasteiger partial charge >= 0.3 is 16.2 Å². The number of anilines is 2. The Kier molecular flexibility index (Phi) is 6.57. The number of halogens is 1. The number of urea groups is 1. The fourth-order valence-corrected chi connectivity index (χ4v) is 3.60. The first-order chi connectivity index (χ1) is 13.2. The number of hydrogen-bond acceptors (Lipinski definition) is 7. The van der Waals surface area contributed by atoms with E-state index in [-0.39, 0.29) is 23.4 Å². The molecular formula is C16H20FN5O5S. The number of hydrogen-bond donors (Lipinski definition) is 2. The summed E-state index contributed by atoms with van der Waals surface area (Å²) >= 11 is 0. The molecule has 0 aliphatic heterocycles. The summed E-state index contributed by atoms with van der Waals surface area (Å²) < 4.78 is 51.2. The van der Waals surface area contributed by atoms with Gasteiger partial charge in [0.2, 0.25) is 17.7 Å². The minimum absolute atomic E-state index is 0.111. The van der Waals surface area contributed by atoms with E-state index in [4.69, 9.17) is 9.47 Å². The number of methoxy groups -OCH3 is 2. The molecule has 0 fully saturated rings. The lowest BCUT2D eigenvalue weighted by molar-refractivity contribution is 0.256. The van der Waals surface area contributed by atoms with Crippen LogP contribution in [0.3, 0.4) is 0 Å². The molecule has 0 aliphatic rings. The lowest BCUT2D eigenvalue weighted by Gasteiger charge is -2.27. The van der Waals surface area contributed by atoms with Crippen LogP contribution >= 0.6 is 0 Å². The van der Waals surface area contributed by atoms with E-state index in [0.717, 1.165) is 16.4 Å². The zero-order chi connectivity index (χ0) is 20.9. The van der Waals surface area contributed by atoms with Crippen molar-refractivity contribution in [3.05, 3.63) is 36.1 Å². The topological polar surface area (TPSA) is 123 Å². The van der Waals surface area contributed by atoms with E-state index in [0.29, 0.717) is 0 Å². The molecule has 1 aromatic carbocycles. The first-order valence-corrected chi connectivity index (χ1v) is 9.46. The van der Waals surface area contributed by atoms with Crippen molar-refractivity contribution in [1.29, 1.82) is 0 Å². The Morgan fingerprint density at radius 1 is 1.11 bits per heavy atom. The molecule has 0 bridgehead atoms. The van der Waals surface area contributed by atoms with Crippen LogP contribution in [0.4, 0.5) is 20.8 Å².